The summed E-state index contributed by atoms with van der Waals surface area (Å²) in [5.41, 5.74) is 4.96. The molecule has 4 nitrogen and oxygen atoms in total. The minimum Gasteiger partial charge on any atom is -0.464 e. The first-order valence-electron chi connectivity index (χ1n) is 5.58. The Labute approximate surface area is 114 Å². The Kier molecular flexibility index (Phi) is 5.17. The summed E-state index contributed by atoms with van der Waals surface area (Å²) in [6, 6.07) is 1.14. The number of nitrogens with one attached hydrogen (secondary N) is 1. The molecule has 0 spiro atoms. The third-order valence-corrected chi connectivity index (χ3v) is 2.56. The van der Waals surface area contributed by atoms with Crippen LogP contribution in [0.2, 0.25) is 0 Å². The predicted molar refractivity (Wildman–Crippen MR) is 72.0 cm³/mol. The summed E-state index contributed by atoms with van der Waals surface area (Å²) in [7, 11) is 0. The van der Waals surface area contributed by atoms with Gasteiger partial charge in [0.2, 0.25) is 0 Å². The molecule has 0 fully saturated rings. The third kappa shape index (κ3) is 3.85. The van der Waals surface area contributed by atoms with Crippen molar-refractivity contribution in [1.29, 1.82) is 0 Å². The maximum Gasteiger partial charge on any atom is 0.328 e. The number of carbonyl (C=O) groups is 1. The van der Waals surface area contributed by atoms with E-state index in [0.717, 1.165) is 12.1 Å². The fourth-order valence-corrected chi connectivity index (χ4v) is 1.51. The number of nitrogens with two attached hydrogens (primary N) is 1. The van der Waals surface area contributed by atoms with Gasteiger partial charge in [0.15, 0.2) is 0 Å². The first kappa shape index (κ1) is 15.3. The van der Waals surface area contributed by atoms with E-state index in [-0.39, 0.29) is 17.2 Å². The molecule has 1 aromatic rings. The molecule has 0 saturated heterocycles. The average Bonchev–Trinajstić information content (AvgIpc) is 2.33. The number of ether oxygens (including phenoxy) is 1. The highest BCUT2D eigenvalue weighted by Gasteiger charge is 2.19. The standard InChI is InChI=1S/C12H14F2N2O2S/c1-3-18-12(17)6(2)16-10-8(13)4-7(11(15)19)5-9(10)14/h4-6,16H,3H2,1-2H3,(H2,15,19). The van der Waals surface area contributed by atoms with Crippen LogP contribution in [0.25, 0.3) is 0 Å². The number of hydrogen-bond acceptors (Lipinski definition) is 4. The largest absolute Gasteiger partial charge is 0.464 e. The van der Waals surface area contributed by atoms with Gasteiger partial charge in [-0.3, -0.25) is 0 Å². The normalized spacial score (nSPS) is 11.8. The molecule has 0 radical (unpaired) electrons. The minimum atomic E-state index is -0.876. The second kappa shape index (κ2) is 6.42. The summed E-state index contributed by atoms with van der Waals surface area (Å²) in [5.74, 6) is -2.35. The van der Waals surface area contributed by atoms with E-state index >= 15 is 0 Å². The molecule has 1 rings (SSSR count). The third-order valence-electron chi connectivity index (χ3n) is 2.33. The lowest BCUT2D eigenvalue weighted by Crippen LogP contribution is -2.29. The number of hydrogen-bond donors (Lipinski definition) is 2. The van der Waals surface area contributed by atoms with Gasteiger partial charge >= 0.3 is 5.97 Å². The molecule has 0 bridgehead atoms. The molecular formula is C12H14F2N2O2S. The van der Waals surface area contributed by atoms with Crippen molar-refractivity contribution in [2.24, 2.45) is 5.73 Å². The number of thiocarbonyl (C=S) groups is 1. The van der Waals surface area contributed by atoms with Crippen molar-refractivity contribution in [2.45, 2.75) is 19.9 Å². The molecule has 0 aliphatic rings. The molecule has 104 valence electrons. The van der Waals surface area contributed by atoms with Crippen molar-refractivity contribution in [1.82, 2.24) is 0 Å². The minimum absolute atomic E-state index is 0.0827. The van der Waals surface area contributed by atoms with Crippen LogP contribution in [0.1, 0.15) is 19.4 Å². The van der Waals surface area contributed by atoms with E-state index in [9.17, 15) is 13.6 Å². The predicted octanol–water partition coefficient (Wildman–Crippen LogP) is 1.96. The van der Waals surface area contributed by atoms with Crippen molar-refractivity contribution >= 4 is 28.9 Å². The van der Waals surface area contributed by atoms with Crippen LogP contribution in [0.3, 0.4) is 0 Å². The first-order valence-corrected chi connectivity index (χ1v) is 5.99. The first-order chi connectivity index (χ1) is 8.86. The topological polar surface area (TPSA) is 64.3 Å². The fourth-order valence-electron chi connectivity index (χ4n) is 1.40. The van der Waals surface area contributed by atoms with Crippen molar-refractivity contribution in [3.8, 4) is 0 Å². The molecule has 0 aromatic heterocycles. The smallest absolute Gasteiger partial charge is 0.328 e. The van der Waals surface area contributed by atoms with Gasteiger partial charge in [-0.2, -0.15) is 0 Å². The van der Waals surface area contributed by atoms with E-state index in [4.69, 9.17) is 10.5 Å². The maximum absolute atomic E-state index is 13.7. The average molecular weight is 288 g/mol. The lowest BCUT2D eigenvalue weighted by Gasteiger charge is -2.15. The monoisotopic (exact) mass is 288 g/mol. The quantitative estimate of drug-likeness (QED) is 0.640. The Morgan fingerprint density at radius 1 is 1.47 bits per heavy atom. The van der Waals surface area contributed by atoms with Crippen LogP contribution >= 0.6 is 12.2 Å². The van der Waals surface area contributed by atoms with E-state index in [0.29, 0.717) is 0 Å². The van der Waals surface area contributed by atoms with Gasteiger partial charge in [0.1, 0.15) is 28.4 Å². The van der Waals surface area contributed by atoms with Gasteiger partial charge in [0.25, 0.3) is 0 Å². The van der Waals surface area contributed by atoms with Gasteiger partial charge < -0.3 is 15.8 Å². The van der Waals surface area contributed by atoms with E-state index in [1.807, 2.05) is 0 Å². The van der Waals surface area contributed by atoms with Crippen LogP contribution in [0.4, 0.5) is 14.5 Å². The lowest BCUT2D eigenvalue weighted by molar-refractivity contribution is -0.143. The summed E-state index contributed by atoms with van der Waals surface area (Å²) in [6.45, 7) is 3.28. The Bertz CT molecular complexity index is 485. The van der Waals surface area contributed by atoms with Crippen LogP contribution < -0.4 is 11.1 Å². The van der Waals surface area contributed by atoms with E-state index in [2.05, 4.69) is 17.5 Å². The van der Waals surface area contributed by atoms with Crippen LogP contribution in [0.15, 0.2) is 12.1 Å². The Balaban J connectivity index is 2.96. The molecule has 1 aromatic carbocycles. The van der Waals surface area contributed by atoms with E-state index in [1.54, 1.807) is 6.92 Å². The maximum atomic E-state index is 13.7. The number of benzene rings is 1. The van der Waals surface area contributed by atoms with E-state index in [1.165, 1.54) is 6.92 Å². The molecule has 1 unspecified atom stereocenters. The van der Waals surface area contributed by atoms with Crippen molar-refractivity contribution in [3.05, 3.63) is 29.3 Å². The van der Waals surface area contributed by atoms with Gasteiger partial charge in [-0.15, -0.1) is 0 Å². The highest BCUT2D eigenvalue weighted by atomic mass is 32.1. The molecular weight excluding hydrogens is 274 g/mol. The van der Waals surface area contributed by atoms with Crippen LogP contribution in [-0.4, -0.2) is 23.6 Å². The SMILES string of the molecule is CCOC(=O)C(C)Nc1c(F)cc(C(N)=S)cc1F. The zero-order valence-corrected chi connectivity index (χ0v) is 11.3. The summed E-state index contributed by atoms with van der Waals surface area (Å²) in [4.78, 5) is 11.3. The zero-order valence-electron chi connectivity index (χ0n) is 10.5. The summed E-state index contributed by atoms with van der Waals surface area (Å²) in [5, 5.41) is 2.42. The van der Waals surface area contributed by atoms with Gasteiger partial charge in [-0.25, -0.2) is 13.6 Å². The Hall–Kier alpha value is -1.76. The molecule has 7 heteroatoms. The van der Waals surface area contributed by atoms with Gasteiger partial charge in [-0.1, -0.05) is 12.2 Å². The number of rotatable bonds is 5. The van der Waals surface area contributed by atoms with Gasteiger partial charge in [-0.05, 0) is 26.0 Å². The number of halogens is 2. The lowest BCUT2D eigenvalue weighted by atomic mass is 10.1. The summed E-state index contributed by atoms with van der Waals surface area (Å²) >= 11 is 4.64. The molecule has 19 heavy (non-hydrogen) atoms. The zero-order chi connectivity index (χ0) is 14.6. The van der Waals surface area contributed by atoms with Crippen molar-refractivity contribution < 1.29 is 18.3 Å². The van der Waals surface area contributed by atoms with Crippen molar-refractivity contribution in [3.63, 3.8) is 0 Å². The fraction of sp³-hybridized carbons (Fsp3) is 0.333. The Morgan fingerprint density at radius 2 is 2.00 bits per heavy atom. The Morgan fingerprint density at radius 3 is 2.42 bits per heavy atom. The van der Waals surface area contributed by atoms with Gasteiger partial charge in [0, 0.05) is 5.56 Å². The highest BCUT2D eigenvalue weighted by molar-refractivity contribution is 7.80. The molecule has 0 heterocycles. The van der Waals surface area contributed by atoms with Gasteiger partial charge in [0.05, 0.1) is 6.61 Å². The van der Waals surface area contributed by atoms with Crippen LogP contribution in [-0.2, 0) is 9.53 Å². The highest BCUT2D eigenvalue weighted by Crippen LogP contribution is 2.21. The molecule has 0 aliphatic carbocycles. The van der Waals surface area contributed by atoms with Crippen molar-refractivity contribution in [2.75, 3.05) is 11.9 Å². The molecule has 3 N–H and O–H groups in total. The summed E-state index contributed by atoms with van der Waals surface area (Å²) < 4.78 is 32.2. The molecule has 1 atom stereocenters. The second-order valence-electron chi connectivity index (χ2n) is 3.80. The molecule has 0 aliphatic heterocycles. The van der Waals surface area contributed by atoms with Crippen LogP contribution in [0.5, 0.6) is 0 Å². The number of esters is 1. The molecule has 0 saturated carbocycles. The molecule has 0 amide bonds. The summed E-state index contributed by atoms with van der Waals surface area (Å²) in [6.07, 6.45) is 0. The van der Waals surface area contributed by atoms with E-state index < -0.39 is 29.3 Å². The number of carbonyl (C=O) groups excluding carboxylic acids is 1. The van der Waals surface area contributed by atoms with Crippen LogP contribution in [0, 0.1) is 11.6 Å². The second-order valence-corrected chi connectivity index (χ2v) is 4.24. The number of anilines is 1.